The summed E-state index contributed by atoms with van der Waals surface area (Å²) in [7, 11) is 1.33. The third-order valence-corrected chi connectivity index (χ3v) is 4.37. The van der Waals surface area contributed by atoms with Gasteiger partial charge < -0.3 is 10.1 Å². The summed E-state index contributed by atoms with van der Waals surface area (Å²) in [6.45, 7) is 3.86. The van der Waals surface area contributed by atoms with E-state index in [1.165, 1.54) is 7.11 Å². The van der Waals surface area contributed by atoms with E-state index in [9.17, 15) is 9.59 Å². The van der Waals surface area contributed by atoms with Crippen molar-refractivity contribution < 1.29 is 14.3 Å². The van der Waals surface area contributed by atoms with Gasteiger partial charge in [0.25, 0.3) is 0 Å². The van der Waals surface area contributed by atoms with Gasteiger partial charge in [-0.1, -0.05) is 18.2 Å². The molecular formula is C21H21N3O3. The Hall–Kier alpha value is -3.41. The van der Waals surface area contributed by atoms with Gasteiger partial charge in [0, 0.05) is 16.9 Å². The zero-order valence-corrected chi connectivity index (χ0v) is 15.5. The number of carbonyl (C=O) groups excluding carboxylic acids is 2. The first-order chi connectivity index (χ1) is 13.0. The van der Waals surface area contributed by atoms with Crippen LogP contribution in [-0.2, 0) is 16.0 Å². The number of hydrogen-bond acceptors (Lipinski definition) is 4. The molecule has 0 aliphatic carbocycles. The molecule has 3 aromatic rings. The maximum Gasteiger partial charge on any atom is 0.337 e. The number of aromatic nitrogens is 2. The van der Waals surface area contributed by atoms with Crippen LogP contribution in [0.3, 0.4) is 0 Å². The van der Waals surface area contributed by atoms with E-state index in [-0.39, 0.29) is 12.3 Å². The molecule has 1 aromatic heterocycles. The predicted octanol–water partition coefficient (Wildman–Crippen LogP) is 3.46. The Kier molecular flexibility index (Phi) is 5.35. The number of aryl methyl sites for hydroxylation is 1. The van der Waals surface area contributed by atoms with Gasteiger partial charge in [0.1, 0.15) is 0 Å². The van der Waals surface area contributed by atoms with Crippen LogP contribution < -0.4 is 5.32 Å². The molecule has 0 saturated carbocycles. The minimum atomic E-state index is -0.410. The largest absolute Gasteiger partial charge is 0.465 e. The number of amides is 1. The van der Waals surface area contributed by atoms with E-state index in [0.29, 0.717) is 11.3 Å². The number of nitrogens with zero attached hydrogens (tertiary/aromatic N) is 2. The molecule has 27 heavy (non-hydrogen) atoms. The van der Waals surface area contributed by atoms with Crippen molar-refractivity contribution in [2.45, 2.75) is 20.3 Å². The number of ether oxygens (including phenoxy) is 1. The highest BCUT2D eigenvalue weighted by atomic mass is 16.5. The van der Waals surface area contributed by atoms with Gasteiger partial charge in [-0.2, -0.15) is 5.10 Å². The van der Waals surface area contributed by atoms with E-state index in [2.05, 4.69) is 15.2 Å². The van der Waals surface area contributed by atoms with Crippen LogP contribution in [-0.4, -0.2) is 28.8 Å². The van der Waals surface area contributed by atoms with Crippen molar-refractivity contribution in [2.75, 3.05) is 12.4 Å². The molecule has 6 nitrogen and oxygen atoms in total. The van der Waals surface area contributed by atoms with E-state index in [0.717, 1.165) is 22.6 Å². The molecule has 0 atom stereocenters. The van der Waals surface area contributed by atoms with Crippen LogP contribution in [0.1, 0.15) is 27.3 Å². The lowest BCUT2D eigenvalue weighted by Gasteiger charge is -2.07. The predicted molar refractivity (Wildman–Crippen MR) is 103 cm³/mol. The fourth-order valence-electron chi connectivity index (χ4n) is 2.92. The second kappa shape index (κ2) is 7.86. The summed E-state index contributed by atoms with van der Waals surface area (Å²) in [6, 6.07) is 16.4. The Bertz CT molecular complexity index is 960. The van der Waals surface area contributed by atoms with E-state index in [4.69, 9.17) is 0 Å². The van der Waals surface area contributed by atoms with Crippen LogP contribution >= 0.6 is 0 Å². The molecule has 6 heteroatoms. The number of nitrogens with one attached hydrogen (secondary N) is 1. The van der Waals surface area contributed by atoms with Gasteiger partial charge in [-0.3, -0.25) is 4.79 Å². The molecule has 1 N–H and O–H groups in total. The lowest BCUT2D eigenvalue weighted by molar-refractivity contribution is -0.115. The lowest BCUT2D eigenvalue weighted by atomic mass is 10.1. The average Bonchev–Trinajstić information content (AvgIpc) is 2.97. The Labute approximate surface area is 157 Å². The third-order valence-electron chi connectivity index (χ3n) is 4.37. The SMILES string of the molecule is COC(=O)c1ccc(NC(=O)Cc2c(C)nn(-c3ccccc3)c2C)cc1. The summed E-state index contributed by atoms with van der Waals surface area (Å²) in [5.41, 5.74) is 4.69. The maximum absolute atomic E-state index is 12.5. The maximum atomic E-state index is 12.5. The van der Waals surface area contributed by atoms with Gasteiger partial charge in [-0.15, -0.1) is 0 Å². The Balaban J connectivity index is 1.73. The van der Waals surface area contributed by atoms with Crippen molar-refractivity contribution in [1.82, 2.24) is 9.78 Å². The molecular weight excluding hydrogens is 342 g/mol. The fraction of sp³-hybridized carbons (Fsp3) is 0.190. The van der Waals surface area contributed by atoms with Crippen LogP contribution in [0.25, 0.3) is 5.69 Å². The highest BCUT2D eigenvalue weighted by molar-refractivity contribution is 5.94. The molecule has 1 amide bonds. The van der Waals surface area contributed by atoms with Gasteiger partial charge in [-0.25, -0.2) is 9.48 Å². The summed E-state index contributed by atoms with van der Waals surface area (Å²) in [6.07, 6.45) is 0.225. The monoisotopic (exact) mass is 363 g/mol. The van der Waals surface area contributed by atoms with Crippen LogP contribution in [0.2, 0.25) is 0 Å². The van der Waals surface area contributed by atoms with Gasteiger partial charge in [0.05, 0.1) is 30.5 Å². The molecule has 0 bridgehead atoms. The zero-order valence-electron chi connectivity index (χ0n) is 15.5. The normalized spacial score (nSPS) is 10.5. The summed E-state index contributed by atoms with van der Waals surface area (Å²) in [5.74, 6) is -0.549. The minimum Gasteiger partial charge on any atom is -0.465 e. The van der Waals surface area contributed by atoms with E-state index >= 15 is 0 Å². The smallest absolute Gasteiger partial charge is 0.337 e. The molecule has 3 rings (SSSR count). The average molecular weight is 363 g/mol. The molecule has 138 valence electrons. The van der Waals surface area contributed by atoms with Gasteiger partial charge in [0.2, 0.25) is 5.91 Å². The van der Waals surface area contributed by atoms with Crippen molar-refractivity contribution in [2.24, 2.45) is 0 Å². The molecule has 0 unspecified atom stereocenters. The van der Waals surface area contributed by atoms with Gasteiger partial charge in [-0.05, 0) is 50.2 Å². The van der Waals surface area contributed by atoms with Crippen LogP contribution in [0.4, 0.5) is 5.69 Å². The number of carbonyl (C=O) groups is 2. The Morgan fingerprint density at radius 1 is 1.04 bits per heavy atom. The molecule has 0 spiro atoms. The van der Waals surface area contributed by atoms with Crippen molar-refractivity contribution in [3.63, 3.8) is 0 Å². The molecule has 1 heterocycles. The lowest BCUT2D eigenvalue weighted by Crippen LogP contribution is -2.15. The first kappa shape index (κ1) is 18.4. The van der Waals surface area contributed by atoms with Crippen LogP contribution in [0.5, 0.6) is 0 Å². The summed E-state index contributed by atoms with van der Waals surface area (Å²) >= 11 is 0. The summed E-state index contributed by atoms with van der Waals surface area (Å²) in [5, 5.41) is 7.42. The van der Waals surface area contributed by atoms with Crippen molar-refractivity contribution >= 4 is 17.6 Å². The van der Waals surface area contributed by atoms with Gasteiger partial charge >= 0.3 is 5.97 Å². The van der Waals surface area contributed by atoms with E-state index in [1.807, 2.05) is 48.9 Å². The molecule has 0 aliphatic rings. The topological polar surface area (TPSA) is 73.2 Å². The van der Waals surface area contributed by atoms with E-state index in [1.54, 1.807) is 24.3 Å². The highest BCUT2D eigenvalue weighted by Gasteiger charge is 2.16. The third kappa shape index (κ3) is 4.06. The van der Waals surface area contributed by atoms with Crippen molar-refractivity contribution in [3.05, 3.63) is 77.1 Å². The Morgan fingerprint density at radius 3 is 2.33 bits per heavy atom. The number of anilines is 1. The summed E-state index contributed by atoms with van der Waals surface area (Å²) < 4.78 is 6.52. The number of rotatable bonds is 5. The minimum absolute atomic E-state index is 0.139. The molecule has 2 aromatic carbocycles. The quantitative estimate of drug-likeness (QED) is 0.705. The summed E-state index contributed by atoms with van der Waals surface area (Å²) in [4.78, 5) is 23.9. The second-order valence-corrected chi connectivity index (χ2v) is 6.19. The molecule has 0 fully saturated rings. The number of hydrogen-bond donors (Lipinski definition) is 1. The molecule has 0 aliphatic heterocycles. The standard InChI is InChI=1S/C21H21N3O3/c1-14-19(15(2)24(23-14)18-7-5-4-6-8-18)13-20(25)22-17-11-9-16(10-12-17)21(26)27-3/h4-12H,13H2,1-3H3,(H,22,25). The number of esters is 1. The zero-order chi connectivity index (χ0) is 19.4. The first-order valence-electron chi connectivity index (χ1n) is 8.58. The van der Waals surface area contributed by atoms with E-state index < -0.39 is 5.97 Å². The fourth-order valence-corrected chi connectivity index (χ4v) is 2.92. The Morgan fingerprint density at radius 2 is 1.70 bits per heavy atom. The number of methoxy groups -OCH3 is 1. The van der Waals surface area contributed by atoms with Crippen molar-refractivity contribution in [3.8, 4) is 5.69 Å². The van der Waals surface area contributed by atoms with Crippen molar-refractivity contribution in [1.29, 1.82) is 0 Å². The first-order valence-corrected chi connectivity index (χ1v) is 8.58. The molecule has 0 radical (unpaired) electrons. The number of para-hydroxylation sites is 1. The highest BCUT2D eigenvalue weighted by Crippen LogP contribution is 2.19. The van der Waals surface area contributed by atoms with Crippen LogP contribution in [0, 0.1) is 13.8 Å². The number of benzene rings is 2. The molecule has 0 saturated heterocycles. The van der Waals surface area contributed by atoms with Crippen LogP contribution in [0.15, 0.2) is 54.6 Å². The van der Waals surface area contributed by atoms with Gasteiger partial charge in [0.15, 0.2) is 0 Å². The second-order valence-electron chi connectivity index (χ2n) is 6.19.